The van der Waals surface area contributed by atoms with Crippen LogP contribution in [0.25, 0.3) is 11.6 Å². The molecular weight excluding hydrogens is 154 g/mol. The molecule has 0 aliphatic carbocycles. The summed E-state index contributed by atoms with van der Waals surface area (Å²) in [6.07, 6.45) is 4.94. The Morgan fingerprint density at radius 1 is 1.58 bits per heavy atom. The van der Waals surface area contributed by atoms with E-state index in [1.165, 1.54) is 4.68 Å². The average molecular weight is 163 g/mol. The predicted octanol–water partition coefficient (Wildman–Crippen LogP) is 1.17. The third kappa shape index (κ3) is 0.887. The summed E-state index contributed by atoms with van der Waals surface area (Å²) in [6.45, 7) is 1.95. The smallest absolute Gasteiger partial charge is 0.194 e. The second kappa shape index (κ2) is 2.41. The minimum Gasteiger partial charge on any atom is -0.461 e. The lowest BCUT2D eigenvalue weighted by molar-refractivity contribution is 0.573. The quantitative estimate of drug-likeness (QED) is 0.642. The van der Waals surface area contributed by atoms with E-state index < -0.39 is 0 Å². The third-order valence-corrected chi connectivity index (χ3v) is 1.73. The first-order valence-electron chi connectivity index (χ1n) is 3.62. The molecule has 0 aromatic carbocycles. The van der Waals surface area contributed by atoms with Gasteiger partial charge in [-0.2, -0.15) is 0 Å². The van der Waals surface area contributed by atoms with Crippen LogP contribution in [-0.4, -0.2) is 9.66 Å². The molecule has 4 nitrogen and oxygen atoms in total. The monoisotopic (exact) mass is 163 g/mol. The molecule has 62 valence electrons. The summed E-state index contributed by atoms with van der Waals surface area (Å²) in [5, 5.41) is 0. The Balaban J connectivity index is 2.57. The van der Waals surface area contributed by atoms with Gasteiger partial charge in [0.05, 0.1) is 6.26 Å². The van der Waals surface area contributed by atoms with Crippen LogP contribution in [0.2, 0.25) is 0 Å². The number of hydrogen-bond donors (Lipinski definition) is 1. The molecule has 0 spiro atoms. The summed E-state index contributed by atoms with van der Waals surface area (Å²) in [7, 11) is 0. The normalized spacial score (nSPS) is 10.4. The van der Waals surface area contributed by atoms with Crippen LogP contribution in [0.4, 0.5) is 0 Å². The van der Waals surface area contributed by atoms with Gasteiger partial charge in [-0.15, -0.1) is 0 Å². The molecule has 0 radical (unpaired) electrons. The lowest BCUT2D eigenvalue weighted by Gasteiger charge is -1.97. The molecule has 4 heteroatoms. The van der Waals surface area contributed by atoms with E-state index in [0.29, 0.717) is 5.82 Å². The van der Waals surface area contributed by atoms with Crippen LogP contribution in [-0.2, 0) is 0 Å². The van der Waals surface area contributed by atoms with E-state index in [9.17, 15) is 0 Å². The Bertz CT molecular complexity index is 350. The number of hydrogen-bond acceptors (Lipinski definition) is 3. The van der Waals surface area contributed by atoms with Gasteiger partial charge in [-0.25, -0.2) is 9.66 Å². The van der Waals surface area contributed by atoms with Crippen LogP contribution >= 0.6 is 0 Å². The van der Waals surface area contributed by atoms with Crippen molar-refractivity contribution < 1.29 is 4.42 Å². The molecule has 2 heterocycles. The van der Waals surface area contributed by atoms with Gasteiger partial charge < -0.3 is 10.3 Å². The van der Waals surface area contributed by atoms with Crippen LogP contribution in [0.15, 0.2) is 29.1 Å². The van der Waals surface area contributed by atoms with E-state index in [1.54, 1.807) is 18.7 Å². The van der Waals surface area contributed by atoms with E-state index in [4.69, 9.17) is 10.3 Å². The van der Waals surface area contributed by atoms with Crippen molar-refractivity contribution >= 4 is 0 Å². The summed E-state index contributed by atoms with van der Waals surface area (Å²) in [4.78, 5) is 4.06. The van der Waals surface area contributed by atoms with Gasteiger partial charge in [0.2, 0.25) is 0 Å². The van der Waals surface area contributed by atoms with Gasteiger partial charge in [-0.05, 0) is 18.6 Å². The molecule has 12 heavy (non-hydrogen) atoms. The molecule has 0 atom stereocenters. The fraction of sp³-hybridized carbons (Fsp3) is 0.125. The maximum absolute atomic E-state index is 5.59. The van der Waals surface area contributed by atoms with Crippen molar-refractivity contribution in [3.8, 4) is 11.6 Å². The molecule has 0 unspecified atom stereocenters. The predicted molar refractivity (Wildman–Crippen MR) is 44.8 cm³/mol. The summed E-state index contributed by atoms with van der Waals surface area (Å²) >= 11 is 0. The Morgan fingerprint density at radius 2 is 2.42 bits per heavy atom. The number of aryl methyl sites for hydroxylation is 1. The van der Waals surface area contributed by atoms with Crippen LogP contribution in [0.5, 0.6) is 0 Å². The first-order chi connectivity index (χ1) is 5.79. The minimum absolute atomic E-state index is 0.650. The van der Waals surface area contributed by atoms with Crippen molar-refractivity contribution in [3.05, 3.63) is 30.3 Å². The molecule has 0 aliphatic heterocycles. The minimum atomic E-state index is 0.650. The van der Waals surface area contributed by atoms with Crippen molar-refractivity contribution in [3.63, 3.8) is 0 Å². The first kappa shape index (κ1) is 6.97. The van der Waals surface area contributed by atoms with Gasteiger partial charge in [0, 0.05) is 12.4 Å². The summed E-state index contributed by atoms with van der Waals surface area (Å²) in [5.74, 6) is 6.97. The van der Waals surface area contributed by atoms with E-state index >= 15 is 0 Å². The highest BCUT2D eigenvalue weighted by molar-refractivity contribution is 5.52. The molecule has 0 saturated carbocycles. The van der Waals surface area contributed by atoms with Crippen molar-refractivity contribution in [1.82, 2.24) is 9.66 Å². The van der Waals surface area contributed by atoms with Crippen molar-refractivity contribution in [2.75, 3.05) is 5.84 Å². The van der Waals surface area contributed by atoms with Gasteiger partial charge in [-0.1, -0.05) is 0 Å². The number of imidazole rings is 1. The number of nitrogen functional groups attached to an aromatic ring is 1. The maximum Gasteiger partial charge on any atom is 0.194 e. The van der Waals surface area contributed by atoms with Crippen molar-refractivity contribution in [2.24, 2.45) is 0 Å². The van der Waals surface area contributed by atoms with Gasteiger partial charge >= 0.3 is 0 Å². The zero-order chi connectivity index (χ0) is 8.55. The molecule has 0 amide bonds. The summed E-state index contributed by atoms with van der Waals surface area (Å²) < 4.78 is 6.66. The fourth-order valence-corrected chi connectivity index (χ4v) is 1.09. The van der Waals surface area contributed by atoms with E-state index in [0.717, 1.165) is 11.3 Å². The fourth-order valence-electron chi connectivity index (χ4n) is 1.09. The molecular formula is C8H9N3O. The Labute approximate surface area is 69.6 Å². The second-order valence-electron chi connectivity index (χ2n) is 2.59. The SMILES string of the molecule is Cc1ccoc1-c1nccn1N. The van der Waals surface area contributed by atoms with Gasteiger partial charge in [0.15, 0.2) is 11.6 Å². The van der Waals surface area contributed by atoms with Gasteiger partial charge in [0.25, 0.3) is 0 Å². The van der Waals surface area contributed by atoms with Crippen molar-refractivity contribution in [1.29, 1.82) is 0 Å². The zero-order valence-corrected chi connectivity index (χ0v) is 6.69. The van der Waals surface area contributed by atoms with Gasteiger partial charge in [-0.3, -0.25) is 0 Å². The molecule has 2 rings (SSSR count). The van der Waals surface area contributed by atoms with Crippen molar-refractivity contribution in [2.45, 2.75) is 6.92 Å². The third-order valence-electron chi connectivity index (χ3n) is 1.73. The van der Waals surface area contributed by atoms with Crippen LogP contribution < -0.4 is 5.84 Å². The molecule has 0 bridgehead atoms. The maximum atomic E-state index is 5.59. The highest BCUT2D eigenvalue weighted by atomic mass is 16.3. The highest BCUT2D eigenvalue weighted by Crippen LogP contribution is 2.20. The van der Waals surface area contributed by atoms with E-state index in [2.05, 4.69) is 4.98 Å². The Kier molecular flexibility index (Phi) is 1.40. The lowest BCUT2D eigenvalue weighted by Crippen LogP contribution is -2.08. The van der Waals surface area contributed by atoms with E-state index in [-0.39, 0.29) is 0 Å². The molecule has 0 saturated heterocycles. The molecule has 0 aliphatic rings. The number of rotatable bonds is 1. The second-order valence-corrected chi connectivity index (χ2v) is 2.59. The Morgan fingerprint density at radius 3 is 2.92 bits per heavy atom. The lowest BCUT2D eigenvalue weighted by atomic mass is 10.3. The van der Waals surface area contributed by atoms with Crippen LogP contribution in [0, 0.1) is 6.92 Å². The van der Waals surface area contributed by atoms with Crippen LogP contribution in [0.3, 0.4) is 0 Å². The molecule has 0 fully saturated rings. The number of nitrogens with two attached hydrogens (primary N) is 1. The summed E-state index contributed by atoms with van der Waals surface area (Å²) in [6, 6.07) is 1.88. The average Bonchev–Trinajstić information content (AvgIpc) is 2.59. The number of aromatic nitrogens is 2. The molecule has 2 aromatic heterocycles. The Hall–Kier alpha value is -1.71. The zero-order valence-electron chi connectivity index (χ0n) is 6.69. The first-order valence-corrected chi connectivity index (χ1v) is 3.62. The van der Waals surface area contributed by atoms with Crippen LogP contribution in [0.1, 0.15) is 5.56 Å². The summed E-state index contributed by atoms with van der Waals surface area (Å²) in [5.41, 5.74) is 1.04. The standard InChI is InChI=1S/C8H9N3O/c1-6-2-5-12-7(6)8-10-3-4-11(8)9/h2-5H,9H2,1H3. The molecule has 2 N–H and O–H groups in total. The highest BCUT2D eigenvalue weighted by Gasteiger charge is 2.09. The van der Waals surface area contributed by atoms with Gasteiger partial charge in [0.1, 0.15) is 0 Å². The van der Waals surface area contributed by atoms with E-state index in [1.807, 2.05) is 13.0 Å². The number of nitrogens with zero attached hydrogens (tertiary/aromatic N) is 2. The molecule has 2 aromatic rings. The topological polar surface area (TPSA) is 57.0 Å². The largest absolute Gasteiger partial charge is 0.461 e. The number of furan rings is 1.